The van der Waals surface area contributed by atoms with Crippen LogP contribution in [0.4, 0.5) is 0 Å². The van der Waals surface area contributed by atoms with Crippen molar-refractivity contribution in [2.45, 2.75) is 276 Å². The van der Waals surface area contributed by atoms with Gasteiger partial charge in [0.1, 0.15) is 18.8 Å². The second-order valence-electron chi connectivity index (χ2n) is 19.6. The third-order valence-electron chi connectivity index (χ3n) is 12.8. The van der Waals surface area contributed by atoms with Gasteiger partial charge < -0.3 is 39.0 Å². The van der Waals surface area contributed by atoms with Gasteiger partial charge in [0.15, 0.2) is 24.6 Å². The molecule has 6 unspecified atom stereocenters. The molecule has 0 aromatic carbocycles. The molecule has 0 spiro atoms. The van der Waals surface area contributed by atoms with Crippen molar-refractivity contribution in [3.05, 3.63) is 72.9 Å². The number of ether oxygens (including phenoxy) is 5. The van der Waals surface area contributed by atoms with Crippen LogP contribution in [0.15, 0.2) is 72.9 Å². The van der Waals surface area contributed by atoms with Gasteiger partial charge in [-0.3, -0.25) is 14.4 Å². The molecule has 1 saturated heterocycles. The maximum atomic E-state index is 13.1. The fourth-order valence-electron chi connectivity index (χ4n) is 8.38. The molecule has 0 aliphatic carbocycles. The fraction of sp³-hybridized carbons (Fsp3) is 0.738. The summed E-state index contributed by atoms with van der Waals surface area (Å²) in [5.74, 6) is -3.28. The molecule has 1 aliphatic rings. The Morgan fingerprint density at radius 1 is 0.479 bits per heavy atom. The summed E-state index contributed by atoms with van der Waals surface area (Å²) >= 11 is 0. The molecule has 0 bridgehead atoms. The van der Waals surface area contributed by atoms with Gasteiger partial charge in [0.25, 0.3) is 0 Å². The molecular formula is C61H102O12. The van der Waals surface area contributed by atoms with Gasteiger partial charge in [-0.05, 0) is 70.6 Å². The molecule has 0 aromatic rings. The lowest BCUT2D eigenvalue weighted by atomic mass is 9.98. The monoisotopic (exact) mass is 1030 g/mol. The quantitative estimate of drug-likeness (QED) is 0.0228. The molecule has 1 heterocycles. The number of hydrogen-bond donors (Lipinski definition) is 3. The molecule has 1 fully saturated rings. The molecule has 0 saturated carbocycles. The Morgan fingerprint density at radius 2 is 0.904 bits per heavy atom. The highest BCUT2D eigenvalue weighted by Gasteiger charge is 2.50. The van der Waals surface area contributed by atoms with Crippen molar-refractivity contribution < 1.29 is 58.2 Å². The van der Waals surface area contributed by atoms with Crippen LogP contribution in [-0.4, -0.2) is 89.2 Å². The van der Waals surface area contributed by atoms with Gasteiger partial charge in [-0.2, -0.15) is 0 Å². The molecule has 12 heteroatoms. The lowest BCUT2D eigenvalue weighted by Crippen LogP contribution is -2.61. The van der Waals surface area contributed by atoms with Crippen LogP contribution in [0.25, 0.3) is 0 Å². The zero-order chi connectivity index (χ0) is 53.3. The smallest absolute Gasteiger partial charge is 0.335 e. The minimum atomic E-state index is -1.93. The van der Waals surface area contributed by atoms with E-state index >= 15 is 0 Å². The zero-order valence-electron chi connectivity index (χ0n) is 45.9. The van der Waals surface area contributed by atoms with Crippen LogP contribution in [0.5, 0.6) is 0 Å². The summed E-state index contributed by atoms with van der Waals surface area (Å²) < 4.78 is 28.2. The Bertz CT molecular complexity index is 1550. The number of unbranched alkanes of at least 4 members (excludes halogenated alkanes) is 23. The van der Waals surface area contributed by atoms with Crippen LogP contribution in [0.3, 0.4) is 0 Å². The SMILES string of the molecule is CC/C=C\C/C=C\C/C=C\C/C=C\C/C=C\CC(=O)OC1C(OCC(COC(=O)CCCCCCCCCCC/C=C\CCCCCCCC)OC(=O)CCCCCCCCCCC)OC(C(=O)O)C(O)C1O. The number of carboxylic acid groups (broad SMARTS) is 1. The number of aliphatic hydroxyl groups excluding tert-OH is 2. The fourth-order valence-corrected chi connectivity index (χ4v) is 8.38. The molecule has 6 atom stereocenters. The summed E-state index contributed by atoms with van der Waals surface area (Å²) in [6.07, 6.45) is 49.2. The van der Waals surface area contributed by atoms with Gasteiger partial charge in [0.05, 0.1) is 13.0 Å². The predicted octanol–water partition coefficient (Wildman–Crippen LogP) is 14.6. The van der Waals surface area contributed by atoms with E-state index < -0.39 is 67.3 Å². The highest BCUT2D eigenvalue weighted by Crippen LogP contribution is 2.26. The van der Waals surface area contributed by atoms with Crippen LogP contribution in [0, 0.1) is 0 Å². The van der Waals surface area contributed by atoms with Crippen LogP contribution >= 0.6 is 0 Å². The number of hydrogen-bond acceptors (Lipinski definition) is 11. The normalized spacial score (nSPS) is 18.8. The van der Waals surface area contributed by atoms with Gasteiger partial charge in [-0.25, -0.2) is 4.79 Å². The first-order valence-corrected chi connectivity index (χ1v) is 28.9. The molecule has 1 aliphatic heterocycles. The largest absolute Gasteiger partial charge is 0.479 e. The molecular weight excluding hydrogens is 925 g/mol. The van der Waals surface area contributed by atoms with E-state index in [0.29, 0.717) is 19.3 Å². The van der Waals surface area contributed by atoms with Crippen molar-refractivity contribution in [2.75, 3.05) is 13.2 Å². The van der Waals surface area contributed by atoms with Gasteiger partial charge in [0, 0.05) is 12.8 Å². The second-order valence-corrected chi connectivity index (χ2v) is 19.6. The summed E-state index contributed by atoms with van der Waals surface area (Å²) in [5.41, 5.74) is 0. The molecule has 12 nitrogen and oxygen atoms in total. The molecule has 0 aromatic heterocycles. The van der Waals surface area contributed by atoms with Crippen LogP contribution in [0.1, 0.15) is 239 Å². The Morgan fingerprint density at radius 3 is 1.37 bits per heavy atom. The van der Waals surface area contributed by atoms with Crippen LogP contribution < -0.4 is 0 Å². The van der Waals surface area contributed by atoms with Gasteiger partial charge >= 0.3 is 23.9 Å². The van der Waals surface area contributed by atoms with E-state index in [1.54, 1.807) is 12.2 Å². The minimum Gasteiger partial charge on any atom is -0.479 e. The Labute approximate surface area is 442 Å². The van der Waals surface area contributed by atoms with E-state index in [1.807, 2.05) is 12.2 Å². The highest BCUT2D eigenvalue weighted by molar-refractivity contribution is 5.74. The first-order valence-electron chi connectivity index (χ1n) is 28.9. The van der Waals surface area contributed by atoms with E-state index in [9.17, 15) is 34.5 Å². The first-order chi connectivity index (χ1) is 35.6. The minimum absolute atomic E-state index is 0.152. The lowest BCUT2D eigenvalue weighted by Gasteiger charge is -2.40. The van der Waals surface area contributed by atoms with Crippen molar-refractivity contribution in [3.8, 4) is 0 Å². The number of esters is 3. The summed E-state index contributed by atoms with van der Waals surface area (Å²) in [7, 11) is 0. The average molecular weight is 1030 g/mol. The van der Waals surface area contributed by atoms with E-state index in [0.717, 1.165) is 64.2 Å². The van der Waals surface area contributed by atoms with Gasteiger partial charge in [-0.1, -0.05) is 222 Å². The first kappa shape index (κ1) is 67.2. The Kier molecular flexibility index (Phi) is 45.1. The molecule has 418 valence electrons. The number of rotatable bonds is 48. The Hall–Kier alpha value is -3.84. The number of carbonyl (C=O) groups excluding carboxylic acids is 3. The maximum absolute atomic E-state index is 13.1. The Balaban J connectivity index is 2.68. The zero-order valence-corrected chi connectivity index (χ0v) is 45.9. The summed E-state index contributed by atoms with van der Waals surface area (Å²) in [6.45, 7) is 5.80. The third-order valence-corrected chi connectivity index (χ3v) is 12.8. The topological polar surface area (TPSA) is 175 Å². The van der Waals surface area contributed by atoms with Crippen LogP contribution in [-0.2, 0) is 42.9 Å². The summed E-state index contributed by atoms with van der Waals surface area (Å²) in [6, 6.07) is 0. The number of aliphatic hydroxyl groups is 2. The van der Waals surface area contributed by atoms with Crippen LogP contribution in [0.2, 0.25) is 0 Å². The van der Waals surface area contributed by atoms with Crippen molar-refractivity contribution in [1.82, 2.24) is 0 Å². The number of carboxylic acids is 1. The molecule has 0 amide bonds. The van der Waals surface area contributed by atoms with Crippen molar-refractivity contribution in [2.24, 2.45) is 0 Å². The average Bonchev–Trinajstić information content (AvgIpc) is 3.37. The van der Waals surface area contributed by atoms with Crippen molar-refractivity contribution in [1.29, 1.82) is 0 Å². The van der Waals surface area contributed by atoms with Gasteiger partial charge in [0.2, 0.25) is 0 Å². The second kappa shape index (κ2) is 49.1. The summed E-state index contributed by atoms with van der Waals surface area (Å²) in [5, 5.41) is 31.4. The molecule has 3 N–H and O–H groups in total. The highest BCUT2D eigenvalue weighted by atomic mass is 16.7. The van der Waals surface area contributed by atoms with Crippen molar-refractivity contribution in [3.63, 3.8) is 0 Å². The third kappa shape index (κ3) is 39.3. The number of allylic oxidation sites excluding steroid dienone is 11. The molecule has 73 heavy (non-hydrogen) atoms. The van der Waals surface area contributed by atoms with Crippen molar-refractivity contribution >= 4 is 23.9 Å². The summed E-state index contributed by atoms with van der Waals surface area (Å²) in [4.78, 5) is 50.9. The standard InChI is InChI=1S/C61H102O12/c1-4-7-10-13-16-19-21-23-25-26-27-28-30-31-33-36-38-41-44-47-53(62)69-50-52(71-54(63)48-45-42-39-35-18-15-12-9-6-3)51-70-61-59(57(66)56(65)58(73-61)60(67)68)72-55(64)49-46-43-40-37-34-32-29-24-22-20-17-14-11-8-5-2/h8,11,17,20,23-25,29,34,37,43,46,52,56-59,61,65-66H,4-7,9-10,12-16,18-19,21-22,26-28,30-33,35-36,38-42,44-45,47-51H2,1-3H3,(H,67,68)/b11-8-,20-17-,25-23-,29-24-,37-34-,46-43-. The maximum Gasteiger partial charge on any atom is 0.335 e. The lowest BCUT2D eigenvalue weighted by molar-refractivity contribution is -0.301. The molecule has 0 radical (unpaired) electrons. The van der Waals surface area contributed by atoms with E-state index in [2.05, 4.69) is 69.4 Å². The van der Waals surface area contributed by atoms with E-state index in [4.69, 9.17) is 23.7 Å². The predicted molar refractivity (Wildman–Crippen MR) is 294 cm³/mol. The number of carbonyl (C=O) groups is 4. The van der Waals surface area contributed by atoms with E-state index in [1.165, 1.54) is 116 Å². The van der Waals surface area contributed by atoms with Gasteiger partial charge in [-0.15, -0.1) is 0 Å². The van der Waals surface area contributed by atoms with E-state index in [-0.39, 0.29) is 25.9 Å². The molecule has 1 rings (SSSR count). The number of aliphatic carboxylic acids is 1.